The third-order valence-electron chi connectivity index (χ3n) is 4.95. The zero-order valence-corrected chi connectivity index (χ0v) is 19.1. The van der Waals surface area contributed by atoms with Crippen molar-refractivity contribution in [3.05, 3.63) is 77.9 Å². The van der Waals surface area contributed by atoms with Gasteiger partial charge >= 0.3 is 0 Å². The Kier molecular flexibility index (Phi) is 7.17. The molecule has 3 N–H and O–H groups in total. The van der Waals surface area contributed by atoms with Gasteiger partial charge in [0.1, 0.15) is 28.9 Å². The van der Waals surface area contributed by atoms with E-state index in [0.717, 1.165) is 42.4 Å². The number of hydrogen-bond donors (Lipinski definition) is 2. The lowest BCUT2D eigenvalue weighted by molar-refractivity contribution is 0.101. The zero-order chi connectivity index (χ0) is 24.1. The van der Waals surface area contributed by atoms with Crippen molar-refractivity contribution in [2.75, 3.05) is 23.3 Å². The van der Waals surface area contributed by atoms with Crippen LogP contribution >= 0.6 is 11.8 Å². The first-order valence-electron chi connectivity index (χ1n) is 10.6. The number of allylic oxidation sites excluding steroid dienone is 1. The van der Waals surface area contributed by atoms with Crippen molar-refractivity contribution in [1.29, 1.82) is 0 Å². The number of benzene rings is 2. The van der Waals surface area contributed by atoms with Gasteiger partial charge in [-0.2, -0.15) is 0 Å². The van der Waals surface area contributed by atoms with E-state index in [0.29, 0.717) is 22.5 Å². The normalized spacial score (nSPS) is 13.7. The van der Waals surface area contributed by atoms with Crippen molar-refractivity contribution in [2.24, 2.45) is 10.7 Å². The molecule has 0 unspecified atom stereocenters. The summed E-state index contributed by atoms with van der Waals surface area (Å²) in [4.78, 5) is 28.7. The number of halogens is 2. The van der Waals surface area contributed by atoms with Gasteiger partial charge < -0.3 is 16.0 Å². The predicted molar refractivity (Wildman–Crippen MR) is 130 cm³/mol. The lowest BCUT2D eigenvalue weighted by Gasteiger charge is -2.32. The monoisotopic (exact) mass is 480 g/mol. The van der Waals surface area contributed by atoms with Gasteiger partial charge in [-0.15, -0.1) is 0 Å². The molecule has 1 saturated heterocycles. The fraction of sp³-hybridized carbons (Fsp3) is 0.167. The van der Waals surface area contributed by atoms with Crippen molar-refractivity contribution in [1.82, 2.24) is 9.97 Å². The van der Waals surface area contributed by atoms with Crippen molar-refractivity contribution >= 4 is 40.8 Å². The van der Waals surface area contributed by atoms with Gasteiger partial charge in [-0.05, 0) is 67.6 Å². The molecule has 0 bridgehead atoms. The molecule has 2 aromatic carbocycles. The topological polar surface area (TPSA) is 96.5 Å². The quantitative estimate of drug-likeness (QED) is 0.283. The summed E-state index contributed by atoms with van der Waals surface area (Å²) in [5.41, 5.74) is 5.69. The minimum atomic E-state index is -0.919. The Hall–Kier alpha value is -3.79. The minimum absolute atomic E-state index is 0.345. The zero-order valence-electron chi connectivity index (χ0n) is 18.3. The second kappa shape index (κ2) is 10.4. The number of hydrogen-bond acceptors (Lipinski definition) is 6. The fourth-order valence-electron chi connectivity index (χ4n) is 3.17. The van der Waals surface area contributed by atoms with Crippen LogP contribution in [0.3, 0.4) is 0 Å². The summed E-state index contributed by atoms with van der Waals surface area (Å²) < 4.78 is 27.7. The summed E-state index contributed by atoms with van der Waals surface area (Å²) in [5, 5.41) is 3.01. The van der Waals surface area contributed by atoms with Crippen LogP contribution in [0, 0.1) is 11.6 Å². The van der Waals surface area contributed by atoms with Gasteiger partial charge in [-0.25, -0.2) is 23.7 Å². The molecule has 174 valence electrons. The Morgan fingerprint density at radius 3 is 2.47 bits per heavy atom. The first-order valence-corrected chi connectivity index (χ1v) is 11.4. The molecule has 0 saturated carbocycles. The number of aliphatic imine (C=N–C) groups is 1. The molecule has 34 heavy (non-hydrogen) atoms. The van der Waals surface area contributed by atoms with Gasteiger partial charge in [0, 0.05) is 29.7 Å². The van der Waals surface area contributed by atoms with Crippen molar-refractivity contribution in [3.8, 4) is 0 Å². The van der Waals surface area contributed by atoms with Gasteiger partial charge in [-0.1, -0.05) is 12.1 Å². The van der Waals surface area contributed by atoms with Gasteiger partial charge in [0.05, 0.1) is 0 Å². The molecule has 0 radical (unpaired) electrons. The van der Waals surface area contributed by atoms with E-state index in [1.165, 1.54) is 17.8 Å². The van der Waals surface area contributed by atoms with Crippen LogP contribution < -0.4 is 16.0 Å². The number of amidine groups is 1. The summed E-state index contributed by atoms with van der Waals surface area (Å²) in [6.45, 7) is 3.70. The van der Waals surface area contributed by atoms with Gasteiger partial charge in [0.25, 0.3) is 5.91 Å². The maximum absolute atomic E-state index is 13.8. The summed E-state index contributed by atoms with van der Waals surface area (Å²) in [7, 11) is 0. The summed E-state index contributed by atoms with van der Waals surface area (Å²) in [5.74, 6) is -1.10. The SMILES string of the molecule is C/C=C/C(N)=N\c1cc(N2CCC2)nc(Sc2ccc(NC(=O)c3c(F)cccc3F)cc2)n1. The third-order valence-corrected chi connectivity index (χ3v) is 5.82. The minimum Gasteiger partial charge on any atom is -0.384 e. The van der Waals surface area contributed by atoms with Gasteiger partial charge in [0.15, 0.2) is 11.0 Å². The highest BCUT2D eigenvalue weighted by molar-refractivity contribution is 7.99. The second-order valence-electron chi connectivity index (χ2n) is 7.42. The van der Waals surface area contributed by atoms with Crippen LogP contribution in [0.5, 0.6) is 0 Å². The average molecular weight is 481 g/mol. The van der Waals surface area contributed by atoms with Crippen molar-refractivity contribution in [3.63, 3.8) is 0 Å². The second-order valence-corrected chi connectivity index (χ2v) is 8.46. The first kappa shape index (κ1) is 23.4. The Labute approximate surface area is 199 Å². The number of rotatable bonds is 7. The van der Waals surface area contributed by atoms with E-state index < -0.39 is 23.1 Å². The Balaban J connectivity index is 1.51. The average Bonchev–Trinajstić information content (AvgIpc) is 2.74. The molecule has 1 amide bonds. The number of nitrogens with zero attached hydrogens (tertiary/aromatic N) is 4. The molecule has 1 aliphatic rings. The molecular formula is C24H22F2N6OS. The molecule has 1 aromatic heterocycles. The van der Waals surface area contributed by atoms with Crippen molar-refractivity contribution < 1.29 is 13.6 Å². The van der Waals surface area contributed by atoms with Crippen LogP contribution in [0.4, 0.5) is 26.1 Å². The molecule has 4 rings (SSSR count). The van der Waals surface area contributed by atoms with E-state index in [4.69, 9.17) is 5.73 Å². The van der Waals surface area contributed by atoms with Crippen LogP contribution in [0.15, 0.2) is 75.7 Å². The number of anilines is 2. The number of carbonyl (C=O) groups excluding carboxylic acids is 1. The smallest absolute Gasteiger partial charge is 0.261 e. The predicted octanol–water partition coefficient (Wildman–Crippen LogP) is 4.93. The Morgan fingerprint density at radius 1 is 1.15 bits per heavy atom. The van der Waals surface area contributed by atoms with E-state index in [2.05, 4.69) is 25.2 Å². The first-order chi connectivity index (χ1) is 16.4. The van der Waals surface area contributed by atoms with E-state index in [9.17, 15) is 13.6 Å². The summed E-state index contributed by atoms with van der Waals surface area (Å²) in [6, 6.07) is 11.9. The van der Waals surface area contributed by atoms with E-state index >= 15 is 0 Å². The van der Waals surface area contributed by atoms with E-state index in [1.54, 1.807) is 42.5 Å². The third kappa shape index (κ3) is 5.57. The number of nitrogens with one attached hydrogen (secondary N) is 1. The maximum atomic E-state index is 13.8. The van der Waals surface area contributed by atoms with E-state index in [-0.39, 0.29) is 0 Å². The van der Waals surface area contributed by atoms with Crippen molar-refractivity contribution in [2.45, 2.75) is 23.4 Å². The van der Waals surface area contributed by atoms with Crippen LogP contribution in [0.1, 0.15) is 23.7 Å². The van der Waals surface area contributed by atoms with Crippen LogP contribution in [0.2, 0.25) is 0 Å². The molecule has 1 aliphatic heterocycles. The Bertz CT molecular complexity index is 1240. The molecule has 2 heterocycles. The standard InChI is InChI=1S/C24H22F2N6OS/c1-2-5-19(27)29-20-14-21(32-12-4-13-32)31-24(30-20)34-16-10-8-15(9-11-16)28-23(33)22-17(25)6-3-7-18(22)26/h2-3,5-11,14H,4,12-13H2,1H3,(H,28,33)(H2,27,29,30,31)/b5-2+. The highest BCUT2D eigenvalue weighted by Gasteiger charge is 2.19. The van der Waals surface area contributed by atoms with Gasteiger partial charge in [0.2, 0.25) is 0 Å². The van der Waals surface area contributed by atoms with Crippen LogP contribution in [0.25, 0.3) is 0 Å². The van der Waals surface area contributed by atoms with Crippen LogP contribution in [-0.4, -0.2) is 34.8 Å². The molecule has 3 aromatic rings. The molecule has 0 aliphatic carbocycles. The lowest BCUT2D eigenvalue weighted by atomic mass is 10.2. The summed E-state index contributed by atoms with van der Waals surface area (Å²) >= 11 is 1.33. The molecule has 0 spiro atoms. The number of aromatic nitrogens is 2. The van der Waals surface area contributed by atoms with E-state index in [1.807, 2.05) is 6.92 Å². The highest BCUT2D eigenvalue weighted by atomic mass is 32.2. The molecule has 1 fully saturated rings. The molecule has 0 atom stereocenters. The highest BCUT2D eigenvalue weighted by Crippen LogP contribution is 2.31. The Morgan fingerprint density at radius 2 is 1.85 bits per heavy atom. The maximum Gasteiger partial charge on any atom is 0.261 e. The van der Waals surface area contributed by atoms with Crippen LogP contribution in [-0.2, 0) is 0 Å². The number of amides is 1. The fourth-order valence-corrected chi connectivity index (χ4v) is 3.93. The summed E-state index contributed by atoms with van der Waals surface area (Å²) in [6.07, 6.45) is 4.60. The number of carbonyl (C=O) groups is 1. The number of nitrogens with two attached hydrogens (primary N) is 1. The molecular weight excluding hydrogens is 458 g/mol. The largest absolute Gasteiger partial charge is 0.384 e. The lowest BCUT2D eigenvalue weighted by Crippen LogP contribution is -2.37. The molecule has 10 heteroatoms. The molecule has 7 nitrogen and oxygen atoms in total. The van der Waals surface area contributed by atoms with Gasteiger partial charge in [-0.3, -0.25) is 4.79 Å².